The molecular weight excluding hydrogens is 510 g/mol. The zero-order valence-electron chi connectivity index (χ0n) is 22.4. The van der Waals surface area contributed by atoms with E-state index >= 15 is 0 Å². The molecule has 204 valence electrons. The Hall–Kier alpha value is -4.64. The standard InChI is InChI=1S/C29H29N7O4/c1-15-31-22-8-4-16(10-24(22)39-15)20-12-30-26-25(20)28(40-19-6-7-19)35-29(34-26)33-21-9-5-17(11-23(21)38-3)27(37)32-18-13-36(2)14-18/h4-5,8-12,18-19H,6-7,13-14H2,1-3H3,(H,32,37)(H2,30,33,34,35). The number of benzene rings is 2. The lowest BCUT2D eigenvalue weighted by atomic mass is 10.1. The van der Waals surface area contributed by atoms with E-state index in [0.717, 1.165) is 53.5 Å². The second kappa shape index (κ2) is 9.53. The van der Waals surface area contributed by atoms with E-state index in [0.29, 0.717) is 40.4 Å². The number of likely N-dealkylation sites (tertiary alicyclic amines) is 1. The monoisotopic (exact) mass is 539 g/mol. The van der Waals surface area contributed by atoms with Gasteiger partial charge in [0, 0.05) is 37.3 Å². The number of ether oxygens (including phenoxy) is 2. The summed E-state index contributed by atoms with van der Waals surface area (Å²) in [6.45, 7) is 3.53. The van der Waals surface area contributed by atoms with E-state index in [9.17, 15) is 4.79 Å². The summed E-state index contributed by atoms with van der Waals surface area (Å²) < 4.78 is 17.6. The largest absolute Gasteiger partial charge is 0.495 e. The molecule has 3 N–H and O–H groups in total. The molecule has 5 aromatic rings. The van der Waals surface area contributed by atoms with Crippen LogP contribution in [0.15, 0.2) is 47.0 Å². The number of carbonyl (C=O) groups excluding carboxylic acids is 1. The van der Waals surface area contributed by atoms with Crippen LogP contribution in [0.4, 0.5) is 11.6 Å². The first-order chi connectivity index (χ1) is 19.4. The quantitative estimate of drug-likeness (QED) is 0.262. The lowest BCUT2D eigenvalue weighted by Gasteiger charge is -2.36. The number of hydrogen-bond acceptors (Lipinski definition) is 9. The fourth-order valence-electron chi connectivity index (χ4n) is 5.04. The Morgan fingerprint density at radius 1 is 1.12 bits per heavy atom. The maximum absolute atomic E-state index is 12.7. The van der Waals surface area contributed by atoms with Gasteiger partial charge in [0.2, 0.25) is 11.8 Å². The minimum absolute atomic E-state index is 0.127. The number of carbonyl (C=O) groups is 1. The van der Waals surface area contributed by atoms with E-state index < -0.39 is 0 Å². The van der Waals surface area contributed by atoms with Gasteiger partial charge in [0.15, 0.2) is 11.5 Å². The summed E-state index contributed by atoms with van der Waals surface area (Å²) in [6, 6.07) is 11.4. The maximum Gasteiger partial charge on any atom is 0.251 e. The number of methoxy groups -OCH3 is 1. The fourth-order valence-corrected chi connectivity index (χ4v) is 5.04. The second-order valence-corrected chi connectivity index (χ2v) is 10.4. The van der Waals surface area contributed by atoms with Crippen LogP contribution in [0.25, 0.3) is 33.3 Å². The molecule has 11 nitrogen and oxygen atoms in total. The highest BCUT2D eigenvalue weighted by Crippen LogP contribution is 2.39. The zero-order chi connectivity index (χ0) is 27.4. The molecular formula is C29H29N7O4. The van der Waals surface area contributed by atoms with E-state index in [1.54, 1.807) is 25.3 Å². The number of nitrogens with one attached hydrogen (secondary N) is 3. The van der Waals surface area contributed by atoms with Gasteiger partial charge in [-0.2, -0.15) is 9.97 Å². The minimum atomic E-state index is -0.127. The summed E-state index contributed by atoms with van der Waals surface area (Å²) in [5.41, 5.74) is 5.19. The molecule has 2 aromatic carbocycles. The third-order valence-corrected chi connectivity index (χ3v) is 7.22. The van der Waals surface area contributed by atoms with E-state index in [-0.39, 0.29) is 18.1 Å². The molecule has 0 atom stereocenters. The van der Waals surface area contributed by atoms with Crippen molar-refractivity contribution in [3.05, 3.63) is 54.0 Å². The number of hydrogen-bond donors (Lipinski definition) is 3. The van der Waals surface area contributed by atoms with Crippen LogP contribution in [0.1, 0.15) is 29.1 Å². The highest BCUT2D eigenvalue weighted by molar-refractivity contribution is 5.99. The number of likely N-dealkylation sites (N-methyl/N-ethyl adjacent to an activating group) is 1. The van der Waals surface area contributed by atoms with Crippen molar-refractivity contribution in [2.75, 3.05) is 32.6 Å². The molecule has 0 unspecified atom stereocenters. The molecule has 7 rings (SSSR count). The second-order valence-electron chi connectivity index (χ2n) is 10.4. The molecule has 4 heterocycles. The molecule has 1 amide bonds. The Kier molecular flexibility index (Phi) is 5.81. The van der Waals surface area contributed by atoms with Crippen LogP contribution in [0, 0.1) is 6.92 Å². The molecule has 11 heteroatoms. The van der Waals surface area contributed by atoms with Crippen molar-refractivity contribution in [1.82, 2.24) is 30.2 Å². The number of amides is 1. The van der Waals surface area contributed by atoms with Crippen LogP contribution >= 0.6 is 0 Å². The van der Waals surface area contributed by atoms with Crippen molar-refractivity contribution in [2.24, 2.45) is 0 Å². The van der Waals surface area contributed by atoms with E-state index in [1.165, 1.54) is 0 Å². The Morgan fingerprint density at radius 2 is 1.98 bits per heavy atom. The third kappa shape index (κ3) is 4.58. The number of H-pyrrole nitrogens is 1. The van der Waals surface area contributed by atoms with Gasteiger partial charge in [0.1, 0.15) is 23.0 Å². The van der Waals surface area contributed by atoms with Crippen molar-refractivity contribution in [2.45, 2.75) is 31.9 Å². The predicted octanol–water partition coefficient (Wildman–Crippen LogP) is 4.41. The number of rotatable bonds is 8. The highest BCUT2D eigenvalue weighted by atomic mass is 16.5. The molecule has 3 aromatic heterocycles. The molecule has 0 spiro atoms. The minimum Gasteiger partial charge on any atom is -0.495 e. The van der Waals surface area contributed by atoms with Crippen molar-refractivity contribution < 1.29 is 18.7 Å². The summed E-state index contributed by atoms with van der Waals surface area (Å²) in [5, 5.41) is 7.10. The van der Waals surface area contributed by atoms with E-state index in [4.69, 9.17) is 23.9 Å². The normalized spacial score (nSPS) is 15.8. The first-order valence-corrected chi connectivity index (χ1v) is 13.3. The predicted molar refractivity (Wildman–Crippen MR) is 150 cm³/mol. The van der Waals surface area contributed by atoms with Crippen molar-refractivity contribution in [3.63, 3.8) is 0 Å². The molecule has 1 saturated heterocycles. The number of aromatic nitrogens is 4. The van der Waals surface area contributed by atoms with Crippen LogP contribution in [-0.4, -0.2) is 70.1 Å². The SMILES string of the molecule is COc1cc(C(=O)NC2CN(C)C2)ccc1Nc1nc(OC2CC2)c2c(-c3ccc4nc(C)oc4c3)c[nH]c2n1. The van der Waals surface area contributed by atoms with Gasteiger partial charge in [-0.05, 0) is 55.8 Å². The summed E-state index contributed by atoms with van der Waals surface area (Å²) in [4.78, 5) is 32.1. The molecule has 0 radical (unpaired) electrons. The van der Waals surface area contributed by atoms with Gasteiger partial charge in [0.25, 0.3) is 5.91 Å². The Bertz CT molecular complexity index is 1750. The number of oxazole rings is 1. The van der Waals surface area contributed by atoms with Crippen molar-refractivity contribution >= 4 is 39.7 Å². The molecule has 1 aliphatic heterocycles. The molecule has 1 saturated carbocycles. The Balaban J connectivity index is 1.20. The molecule has 2 aliphatic rings. The van der Waals surface area contributed by atoms with Crippen LogP contribution < -0.4 is 20.1 Å². The van der Waals surface area contributed by atoms with Crippen molar-refractivity contribution in [3.8, 4) is 22.8 Å². The average molecular weight is 540 g/mol. The third-order valence-electron chi connectivity index (χ3n) is 7.22. The lowest BCUT2D eigenvalue weighted by molar-refractivity contribution is 0.0857. The van der Waals surface area contributed by atoms with Crippen LogP contribution in [0.2, 0.25) is 0 Å². The number of aryl methyl sites for hydroxylation is 1. The lowest BCUT2D eigenvalue weighted by Crippen LogP contribution is -2.57. The first-order valence-electron chi connectivity index (χ1n) is 13.3. The van der Waals surface area contributed by atoms with Crippen LogP contribution in [0.5, 0.6) is 11.6 Å². The van der Waals surface area contributed by atoms with Gasteiger partial charge in [-0.3, -0.25) is 4.79 Å². The van der Waals surface area contributed by atoms with E-state index in [2.05, 4.69) is 25.5 Å². The zero-order valence-corrected chi connectivity index (χ0v) is 22.4. The molecule has 2 fully saturated rings. The maximum atomic E-state index is 12.7. The number of anilines is 2. The van der Waals surface area contributed by atoms with Gasteiger partial charge in [-0.1, -0.05) is 6.07 Å². The highest BCUT2D eigenvalue weighted by Gasteiger charge is 2.28. The number of aromatic amines is 1. The summed E-state index contributed by atoms with van der Waals surface area (Å²) in [5.74, 6) is 1.86. The van der Waals surface area contributed by atoms with Gasteiger partial charge in [-0.15, -0.1) is 0 Å². The summed E-state index contributed by atoms with van der Waals surface area (Å²) >= 11 is 0. The van der Waals surface area contributed by atoms with Gasteiger partial charge in [-0.25, -0.2) is 4.98 Å². The van der Waals surface area contributed by atoms with Crippen molar-refractivity contribution in [1.29, 1.82) is 0 Å². The van der Waals surface area contributed by atoms with Gasteiger partial charge >= 0.3 is 0 Å². The molecule has 1 aliphatic carbocycles. The Labute approximate surface area is 229 Å². The smallest absolute Gasteiger partial charge is 0.251 e. The first kappa shape index (κ1) is 24.4. The van der Waals surface area contributed by atoms with E-state index in [1.807, 2.05) is 38.4 Å². The van der Waals surface area contributed by atoms with Gasteiger partial charge < -0.3 is 34.4 Å². The number of fused-ring (bicyclic) bond motifs is 2. The topological polar surface area (TPSA) is 130 Å². The molecule has 0 bridgehead atoms. The summed E-state index contributed by atoms with van der Waals surface area (Å²) in [6.07, 6.45) is 4.02. The Morgan fingerprint density at radius 3 is 2.75 bits per heavy atom. The summed E-state index contributed by atoms with van der Waals surface area (Å²) in [7, 11) is 3.59. The average Bonchev–Trinajstić information content (AvgIpc) is 3.50. The molecule has 40 heavy (non-hydrogen) atoms. The van der Waals surface area contributed by atoms with Crippen LogP contribution in [0.3, 0.4) is 0 Å². The van der Waals surface area contributed by atoms with Crippen LogP contribution in [-0.2, 0) is 0 Å². The van der Waals surface area contributed by atoms with Gasteiger partial charge in [0.05, 0.1) is 24.2 Å². The number of nitrogens with zero attached hydrogens (tertiary/aromatic N) is 4. The fraction of sp³-hybridized carbons (Fsp3) is 0.310.